The van der Waals surface area contributed by atoms with Crippen LogP contribution in [-0.4, -0.2) is 50.6 Å². The standard InChI is InChI=1S/C18H23N7O/c1-14(2)13-25-17(26)4-3-16(21-25)22-9-11-23(12-10-22)18-15-5-6-20-24(15)8-7-19-18/h3-8,14H,9-13H2,1-2H3. The van der Waals surface area contributed by atoms with Crippen molar-refractivity contribution in [2.24, 2.45) is 5.92 Å². The van der Waals surface area contributed by atoms with E-state index in [0.29, 0.717) is 12.5 Å². The predicted molar refractivity (Wildman–Crippen MR) is 101 cm³/mol. The first kappa shape index (κ1) is 16.6. The Balaban J connectivity index is 1.50. The highest BCUT2D eigenvalue weighted by atomic mass is 16.1. The first-order valence-electron chi connectivity index (χ1n) is 8.98. The summed E-state index contributed by atoms with van der Waals surface area (Å²) in [5, 5.41) is 8.83. The summed E-state index contributed by atoms with van der Waals surface area (Å²) in [6, 6.07) is 5.43. The second-order valence-electron chi connectivity index (χ2n) is 6.99. The van der Waals surface area contributed by atoms with Crippen LogP contribution >= 0.6 is 0 Å². The maximum atomic E-state index is 12.0. The summed E-state index contributed by atoms with van der Waals surface area (Å²) in [6.45, 7) is 8.19. The van der Waals surface area contributed by atoms with E-state index in [9.17, 15) is 4.79 Å². The molecule has 0 aliphatic carbocycles. The van der Waals surface area contributed by atoms with E-state index in [1.807, 2.05) is 22.8 Å². The summed E-state index contributed by atoms with van der Waals surface area (Å²) in [6.07, 6.45) is 5.43. The van der Waals surface area contributed by atoms with Crippen molar-refractivity contribution in [2.45, 2.75) is 20.4 Å². The fourth-order valence-electron chi connectivity index (χ4n) is 3.32. The Kier molecular flexibility index (Phi) is 4.32. The Morgan fingerprint density at radius 2 is 1.81 bits per heavy atom. The fourth-order valence-corrected chi connectivity index (χ4v) is 3.32. The summed E-state index contributed by atoms with van der Waals surface area (Å²) in [4.78, 5) is 21.0. The third-order valence-electron chi connectivity index (χ3n) is 4.60. The van der Waals surface area contributed by atoms with Gasteiger partial charge in [0.1, 0.15) is 11.3 Å². The van der Waals surface area contributed by atoms with Gasteiger partial charge in [0, 0.05) is 51.2 Å². The molecule has 0 bridgehead atoms. The van der Waals surface area contributed by atoms with Gasteiger partial charge in [0.05, 0.1) is 6.20 Å². The normalized spacial score (nSPS) is 15.2. The molecule has 3 aromatic heterocycles. The Morgan fingerprint density at radius 1 is 1.04 bits per heavy atom. The Labute approximate surface area is 151 Å². The van der Waals surface area contributed by atoms with Crippen LogP contribution in [0.5, 0.6) is 0 Å². The lowest BCUT2D eigenvalue weighted by Crippen LogP contribution is -2.47. The number of aromatic nitrogens is 5. The van der Waals surface area contributed by atoms with Gasteiger partial charge in [0.15, 0.2) is 5.82 Å². The molecule has 3 aromatic rings. The lowest BCUT2D eigenvalue weighted by atomic mass is 10.2. The van der Waals surface area contributed by atoms with E-state index in [1.54, 1.807) is 23.1 Å². The van der Waals surface area contributed by atoms with Crippen molar-refractivity contribution < 1.29 is 0 Å². The lowest BCUT2D eigenvalue weighted by molar-refractivity contribution is 0.461. The monoisotopic (exact) mass is 353 g/mol. The maximum Gasteiger partial charge on any atom is 0.266 e. The summed E-state index contributed by atoms with van der Waals surface area (Å²) >= 11 is 0. The van der Waals surface area contributed by atoms with Crippen LogP contribution in [0.2, 0.25) is 0 Å². The molecule has 8 nitrogen and oxygen atoms in total. The molecule has 136 valence electrons. The van der Waals surface area contributed by atoms with Crippen LogP contribution in [0.3, 0.4) is 0 Å². The molecule has 1 aliphatic rings. The molecule has 4 heterocycles. The minimum absolute atomic E-state index is 0.0438. The van der Waals surface area contributed by atoms with Crippen molar-refractivity contribution in [3.63, 3.8) is 0 Å². The zero-order chi connectivity index (χ0) is 18.1. The topological polar surface area (TPSA) is 71.6 Å². The van der Waals surface area contributed by atoms with Crippen LogP contribution in [0, 0.1) is 5.92 Å². The SMILES string of the molecule is CC(C)Cn1nc(N2CCN(c3nccn4nccc34)CC2)ccc1=O. The second-order valence-corrected chi connectivity index (χ2v) is 6.99. The maximum absolute atomic E-state index is 12.0. The molecule has 26 heavy (non-hydrogen) atoms. The van der Waals surface area contributed by atoms with Gasteiger partial charge in [-0.25, -0.2) is 14.2 Å². The van der Waals surface area contributed by atoms with E-state index in [4.69, 9.17) is 0 Å². The van der Waals surface area contributed by atoms with Crippen LogP contribution in [0.15, 0.2) is 41.6 Å². The molecule has 0 amide bonds. The minimum atomic E-state index is -0.0438. The number of hydrogen-bond donors (Lipinski definition) is 0. The van der Waals surface area contributed by atoms with Crippen molar-refractivity contribution in [3.05, 3.63) is 47.1 Å². The average molecular weight is 353 g/mol. The third kappa shape index (κ3) is 3.14. The average Bonchev–Trinajstić information content (AvgIpc) is 3.12. The van der Waals surface area contributed by atoms with E-state index in [2.05, 4.69) is 38.8 Å². The highest BCUT2D eigenvalue weighted by molar-refractivity contribution is 5.68. The van der Waals surface area contributed by atoms with Gasteiger partial charge in [0.25, 0.3) is 5.56 Å². The molecule has 1 aliphatic heterocycles. The number of rotatable bonds is 4. The number of nitrogens with zero attached hydrogens (tertiary/aromatic N) is 7. The number of hydrogen-bond acceptors (Lipinski definition) is 6. The number of fused-ring (bicyclic) bond motifs is 1. The molecule has 0 spiro atoms. The molecule has 0 aromatic carbocycles. The van der Waals surface area contributed by atoms with E-state index in [1.165, 1.54) is 0 Å². The summed E-state index contributed by atoms with van der Waals surface area (Å²) in [7, 11) is 0. The molecule has 0 saturated carbocycles. The number of anilines is 2. The van der Waals surface area contributed by atoms with Crippen molar-refractivity contribution in [1.29, 1.82) is 0 Å². The predicted octanol–water partition coefficient (Wildman–Crippen LogP) is 1.27. The second kappa shape index (κ2) is 6.78. The summed E-state index contributed by atoms with van der Waals surface area (Å²) in [5.41, 5.74) is 0.974. The highest BCUT2D eigenvalue weighted by Crippen LogP contribution is 2.21. The molecular formula is C18H23N7O. The van der Waals surface area contributed by atoms with Gasteiger partial charge in [0.2, 0.25) is 0 Å². The molecule has 0 N–H and O–H groups in total. The Hall–Kier alpha value is -2.90. The van der Waals surface area contributed by atoms with Gasteiger partial charge in [-0.2, -0.15) is 10.2 Å². The largest absolute Gasteiger partial charge is 0.352 e. The van der Waals surface area contributed by atoms with E-state index < -0.39 is 0 Å². The molecule has 1 saturated heterocycles. The van der Waals surface area contributed by atoms with Crippen molar-refractivity contribution in [3.8, 4) is 0 Å². The molecular weight excluding hydrogens is 330 g/mol. The molecule has 0 unspecified atom stereocenters. The first-order chi connectivity index (χ1) is 12.6. The van der Waals surface area contributed by atoms with Gasteiger partial charge in [-0.15, -0.1) is 0 Å². The van der Waals surface area contributed by atoms with Gasteiger partial charge >= 0.3 is 0 Å². The van der Waals surface area contributed by atoms with Crippen LogP contribution in [0.25, 0.3) is 5.52 Å². The van der Waals surface area contributed by atoms with Crippen molar-refractivity contribution >= 4 is 17.2 Å². The summed E-state index contributed by atoms with van der Waals surface area (Å²) < 4.78 is 3.42. The summed E-state index contributed by atoms with van der Waals surface area (Å²) in [5.74, 6) is 2.21. The van der Waals surface area contributed by atoms with Gasteiger partial charge in [-0.3, -0.25) is 4.79 Å². The van der Waals surface area contributed by atoms with E-state index >= 15 is 0 Å². The Morgan fingerprint density at radius 3 is 2.58 bits per heavy atom. The third-order valence-corrected chi connectivity index (χ3v) is 4.60. The molecule has 0 atom stereocenters. The minimum Gasteiger partial charge on any atom is -0.352 e. The molecule has 1 fully saturated rings. The Bertz CT molecular complexity index is 953. The van der Waals surface area contributed by atoms with Crippen LogP contribution < -0.4 is 15.4 Å². The van der Waals surface area contributed by atoms with E-state index in [0.717, 1.165) is 43.3 Å². The van der Waals surface area contributed by atoms with E-state index in [-0.39, 0.29) is 5.56 Å². The zero-order valence-electron chi connectivity index (χ0n) is 15.1. The van der Waals surface area contributed by atoms with Gasteiger partial charge in [-0.05, 0) is 18.1 Å². The van der Waals surface area contributed by atoms with Gasteiger partial charge < -0.3 is 9.80 Å². The fraction of sp³-hybridized carbons (Fsp3) is 0.444. The quantitative estimate of drug-likeness (QED) is 0.703. The van der Waals surface area contributed by atoms with Crippen molar-refractivity contribution in [1.82, 2.24) is 24.4 Å². The lowest BCUT2D eigenvalue weighted by Gasteiger charge is -2.36. The molecule has 8 heteroatoms. The van der Waals surface area contributed by atoms with Crippen molar-refractivity contribution in [2.75, 3.05) is 36.0 Å². The van der Waals surface area contributed by atoms with Crippen LogP contribution in [-0.2, 0) is 6.54 Å². The van der Waals surface area contributed by atoms with Crippen LogP contribution in [0.1, 0.15) is 13.8 Å². The van der Waals surface area contributed by atoms with Gasteiger partial charge in [-0.1, -0.05) is 13.8 Å². The van der Waals surface area contributed by atoms with Crippen LogP contribution in [0.4, 0.5) is 11.6 Å². The zero-order valence-corrected chi connectivity index (χ0v) is 15.1. The first-order valence-corrected chi connectivity index (χ1v) is 8.98. The molecule has 4 rings (SSSR count). The number of piperazine rings is 1. The highest BCUT2D eigenvalue weighted by Gasteiger charge is 2.21. The smallest absolute Gasteiger partial charge is 0.266 e. The molecule has 0 radical (unpaired) electrons.